The zero-order valence-corrected chi connectivity index (χ0v) is 27.5. The number of rotatable bonds is 4. The van der Waals surface area contributed by atoms with Crippen LogP contribution in [-0.4, -0.2) is 14.5 Å². The summed E-state index contributed by atoms with van der Waals surface area (Å²) in [4.78, 5) is 10.7. The Hall–Kier alpha value is -7.09. The minimum Gasteiger partial charge on any atom is -0.278 e. The zero-order chi connectivity index (χ0) is 33.9. The standard InChI is InChI=1S/C47H28N4/c48-29-30-13-15-32(16-14-30)33-17-19-34(20-18-33)38-23-24-41-43(27-38)49-47(50-46(41)39-22-21-31-7-1-2-8-35(31)25-39)51-44-12-6-5-11-40(44)42-26-36-9-3-4-10-37(36)28-45(42)51/h1-28H. The van der Waals surface area contributed by atoms with E-state index in [1.807, 2.05) is 24.3 Å². The minimum atomic E-state index is 0.639. The Labute approximate surface area is 294 Å². The number of hydrogen-bond acceptors (Lipinski definition) is 3. The van der Waals surface area contributed by atoms with Gasteiger partial charge < -0.3 is 0 Å². The number of fused-ring (bicyclic) bond motifs is 6. The summed E-state index contributed by atoms with van der Waals surface area (Å²) in [5, 5.41) is 17.3. The predicted octanol–water partition coefficient (Wildman–Crippen LogP) is 11.9. The van der Waals surface area contributed by atoms with Gasteiger partial charge in [0.25, 0.3) is 0 Å². The van der Waals surface area contributed by atoms with Gasteiger partial charge in [-0.1, -0.05) is 121 Å². The highest BCUT2D eigenvalue weighted by molar-refractivity contribution is 6.13. The molecule has 8 aromatic carbocycles. The van der Waals surface area contributed by atoms with Crippen LogP contribution in [0.2, 0.25) is 0 Å². The molecular formula is C47H28N4. The van der Waals surface area contributed by atoms with Gasteiger partial charge in [-0.2, -0.15) is 5.26 Å². The van der Waals surface area contributed by atoms with Crippen molar-refractivity contribution in [2.24, 2.45) is 0 Å². The highest BCUT2D eigenvalue weighted by Gasteiger charge is 2.18. The number of para-hydroxylation sites is 1. The second-order valence-corrected chi connectivity index (χ2v) is 13.0. The third kappa shape index (κ3) is 4.83. The Balaban J connectivity index is 1.19. The van der Waals surface area contributed by atoms with Crippen molar-refractivity contribution in [3.63, 3.8) is 0 Å². The first-order valence-corrected chi connectivity index (χ1v) is 17.0. The molecule has 10 rings (SSSR count). The molecule has 2 heterocycles. The van der Waals surface area contributed by atoms with E-state index in [1.165, 1.54) is 32.3 Å². The molecule has 0 N–H and O–H groups in total. The number of benzene rings is 8. The van der Waals surface area contributed by atoms with Crippen molar-refractivity contribution in [2.45, 2.75) is 0 Å². The average Bonchev–Trinajstić information content (AvgIpc) is 3.52. The molecule has 0 amide bonds. The molecule has 2 aromatic heterocycles. The maximum atomic E-state index is 9.20. The maximum absolute atomic E-state index is 9.20. The molecule has 0 saturated heterocycles. The Morgan fingerprint density at radius 2 is 1.00 bits per heavy atom. The van der Waals surface area contributed by atoms with Crippen LogP contribution in [0.25, 0.3) is 93.7 Å². The van der Waals surface area contributed by atoms with Gasteiger partial charge in [0, 0.05) is 21.7 Å². The second-order valence-electron chi connectivity index (χ2n) is 13.0. The lowest BCUT2D eigenvalue weighted by molar-refractivity contribution is 1.01. The summed E-state index contributed by atoms with van der Waals surface area (Å²) < 4.78 is 2.22. The van der Waals surface area contributed by atoms with E-state index in [-0.39, 0.29) is 0 Å². The van der Waals surface area contributed by atoms with Gasteiger partial charge in [-0.05, 0) is 92.3 Å². The van der Waals surface area contributed by atoms with E-state index >= 15 is 0 Å². The maximum Gasteiger partial charge on any atom is 0.235 e. The third-order valence-electron chi connectivity index (χ3n) is 10.0. The first-order valence-electron chi connectivity index (χ1n) is 17.0. The van der Waals surface area contributed by atoms with Crippen molar-refractivity contribution >= 4 is 54.3 Å². The van der Waals surface area contributed by atoms with E-state index in [9.17, 15) is 5.26 Å². The van der Waals surface area contributed by atoms with Gasteiger partial charge in [0.05, 0.1) is 33.9 Å². The molecule has 0 saturated carbocycles. The quantitative estimate of drug-likeness (QED) is 0.191. The lowest BCUT2D eigenvalue weighted by Gasteiger charge is -2.14. The van der Waals surface area contributed by atoms with Crippen molar-refractivity contribution in [2.75, 3.05) is 0 Å². The fourth-order valence-corrected chi connectivity index (χ4v) is 7.42. The molecule has 0 unspecified atom stereocenters. The van der Waals surface area contributed by atoms with Gasteiger partial charge in [0.1, 0.15) is 0 Å². The van der Waals surface area contributed by atoms with Gasteiger partial charge >= 0.3 is 0 Å². The van der Waals surface area contributed by atoms with Crippen molar-refractivity contribution in [1.29, 1.82) is 5.26 Å². The lowest BCUT2D eigenvalue weighted by atomic mass is 9.97. The van der Waals surface area contributed by atoms with Crippen molar-refractivity contribution in [3.05, 3.63) is 175 Å². The highest BCUT2D eigenvalue weighted by Crippen LogP contribution is 2.37. The Morgan fingerprint density at radius 1 is 0.412 bits per heavy atom. The molecule has 0 fully saturated rings. The van der Waals surface area contributed by atoms with Gasteiger partial charge in [0.2, 0.25) is 5.95 Å². The van der Waals surface area contributed by atoms with Crippen LogP contribution in [0.3, 0.4) is 0 Å². The van der Waals surface area contributed by atoms with Crippen molar-refractivity contribution in [1.82, 2.24) is 14.5 Å². The highest BCUT2D eigenvalue weighted by atomic mass is 15.2. The number of aromatic nitrogens is 3. The molecule has 0 spiro atoms. The van der Waals surface area contributed by atoms with Crippen LogP contribution >= 0.6 is 0 Å². The third-order valence-corrected chi connectivity index (χ3v) is 10.0. The molecule has 10 aromatic rings. The normalized spacial score (nSPS) is 11.5. The summed E-state index contributed by atoms with van der Waals surface area (Å²) in [5.74, 6) is 0.639. The van der Waals surface area contributed by atoms with E-state index in [0.717, 1.165) is 55.4 Å². The molecule has 236 valence electrons. The minimum absolute atomic E-state index is 0.639. The molecule has 51 heavy (non-hydrogen) atoms. The monoisotopic (exact) mass is 648 g/mol. The molecule has 0 atom stereocenters. The summed E-state index contributed by atoms with van der Waals surface area (Å²) in [6.07, 6.45) is 0. The van der Waals surface area contributed by atoms with Crippen LogP contribution in [0.4, 0.5) is 0 Å². The Kier molecular flexibility index (Phi) is 6.52. The van der Waals surface area contributed by atoms with Crippen LogP contribution < -0.4 is 0 Å². The van der Waals surface area contributed by atoms with E-state index in [2.05, 4.69) is 156 Å². The molecule has 0 aliphatic carbocycles. The smallest absolute Gasteiger partial charge is 0.235 e. The molecule has 4 nitrogen and oxygen atoms in total. The lowest BCUT2D eigenvalue weighted by Crippen LogP contribution is -2.03. The Bertz CT molecular complexity index is 3020. The SMILES string of the molecule is N#Cc1ccc(-c2ccc(-c3ccc4c(-c5ccc6ccccc6c5)nc(-n5c6ccccc6c6cc7ccccc7cc65)nc4c3)cc2)cc1. The zero-order valence-electron chi connectivity index (χ0n) is 27.5. The summed E-state index contributed by atoms with van der Waals surface area (Å²) in [6.45, 7) is 0. The Morgan fingerprint density at radius 3 is 1.75 bits per heavy atom. The van der Waals surface area contributed by atoms with Gasteiger partial charge in [-0.25, -0.2) is 9.97 Å². The molecule has 0 aliphatic rings. The van der Waals surface area contributed by atoms with E-state index in [1.54, 1.807) is 0 Å². The van der Waals surface area contributed by atoms with Crippen LogP contribution in [0.15, 0.2) is 170 Å². The van der Waals surface area contributed by atoms with Gasteiger partial charge in [-0.15, -0.1) is 0 Å². The second kappa shape index (κ2) is 11.5. The average molecular weight is 649 g/mol. The summed E-state index contributed by atoms with van der Waals surface area (Å²) in [7, 11) is 0. The van der Waals surface area contributed by atoms with Crippen molar-refractivity contribution in [3.8, 4) is 45.5 Å². The molecule has 0 aliphatic heterocycles. The topological polar surface area (TPSA) is 54.5 Å². The van der Waals surface area contributed by atoms with Gasteiger partial charge in [0.15, 0.2) is 0 Å². The van der Waals surface area contributed by atoms with Crippen LogP contribution in [0.5, 0.6) is 0 Å². The molecule has 4 heteroatoms. The first-order chi connectivity index (χ1) is 25.2. The van der Waals surface area contributed by atoms with Gasteiger partial charge in [-0.3, -0.25) is 4.57 Å². The fraction of sp³-hybridized carbons (Fsp3) is 0. The van der Waals surface area contributed by atoms with Crippen LogP contribution in [0.1, 0.15) is 5.56 Å². The number of hydrogen-bond donors (Lipinski definition) is 0. The molecular weight excluding hydrogens is 621 g/mol. The summed E-state index contributed by atoms with van der Waals surface area (Å²) in [5.41, 5.74) is 9.99. The number of nitrogens with zero attached hydrogens (tertiary/aromatic N) is 4. The first kappa shape index (κ1) is 28.9. The van der Waals surface area contributed by atoms with Crippen molar-refractivity contribution < 1.29 is 0 Å². The van der Waals surface area contributed by atoms with E-state index in [0.29, 0.717) is 11.5 Å². The fourth-order valence-electron chi connectivity index (χ4n) is 7.42. The molecule has 0 bridgehead atoms. The van der Waals surface area contributed by atoms with Crippen LogP contribution in [-0.2, 0) is 0 Å². The van der Waals surface area contributed by atoms with Crippen LogP contribution in [0, 0.1) is 11.3 Å². The van der Waals surface area contributed by atoms with E-state index in [4.69, 9.17) is 9.97 Å². The molecule has 0 radical (unpaired) electrons. The predicted molar refractivity (Wildman–Crippen MR) is 210 cm³/mol. The van der Waals surface area contributed by atoms with E-state index < -0.39 is 0 Å². The summed E-state index contributed by atoms with van der Waals surface area (Å²) in [6, 6.07) is 61.6. The number of nitriles is 1. The largest absolute Gasteiger partial charge is 0.278 e. The summed E-state index contributed by atoms with van der Waals surface area (Å²) >= 11 is 0.